The third-order valence-corrected chi connectivity index (χ3v) is 3.23. The summed E-state index contributed by atoms with van der Waals surface area (Å²) in [5.41, 5.74) is 2.89. The molecular formula is C13H19NO. The van der Waals surface area contributed by atoms with Gasteiger partial charge in [-0.25, -0.2) is 0 Å². The SMILES string of the molecule is CCCCn1c2c(ccc1=O)CCCC2. The molecule has 2 nitrogen and oxygen atoms in total. The predicted molar refractivity (Wildman–Crippen MR) is 62.3 cm³/mol. The molecule has 0 saturated carbocycles. The number of rotatable bonds is 3. The van der Waals surface area contributed by atoms with E-state index in [4.69, 9.17) is 0 Å². The average molecular weight is 205 g/mol. The molecule has 0 atom stereocenters. The Hall–Kier alpha value is -1.05. The second-order valence-corrected chi connectivity index (χ2v) is 4.36. The summed E-state index contributed by atoms with van der Waals surface area (Å²) in [5.74, 6) is 0. The van der Waals surface area contributed by atoms with Crippen LogP contribution < -0.4 is 5.56 Å². The molecule has 0 spiro atoms. The van der Waals surface area contributed by atoms with Gasteiger partial charge in [-0.15, -0.1) is 0 Å². The smallest absolute Gasteiger partial charge is 0.250 e. The first kappa shape index (κ1) is 10.5. The van der Waals surface area contributed by atoms with E-state index in [1.165, 1.54) is 24.1 Å². The van der Waals surface area contributed by atoms with Gasteiger partial charge in [0, 0.05) is 18.3 Å². The van der Waals surface area contributed by atoms with Gasteiger partial charge < -0.3 is 4.57 Å². The highest BCUT2D eigenvalue weighted by Gasteiger charge is 2.13. The Morgan fingerprint density at radius 3 is 2.87 bits per heavy atom. The van der Waals surface area contributed by atoms with Gasteiger partial charge in [-0.3, -0.25) is 4.79 Å². The van der Waals surface area contributed by atoms with E-state index >= 15 is 0 Å². The van der Waals surface area contributed by atoms with Gasteiger partial charge in [-0.1, -0.05) is 19.4 Å². The van der Waals surface area contributed by atoms with Crippen molar-refractivity contribution in [3.63, 3.8) is 0 Å². The molecule has 1 heterocycles. The third kappa shape index (κ3) is 2.14. The van der Waals surface area contributed by atoms with E-state index in [1.807, 2.05) is 10.6 Å². The second kappa shape index (κ2) is 4.65. The fourth-order valence-corrected chi connectivity index (χ4v) is 2.36. The number of pyridine rings is 1. The number of aromatic nitrogens is 1. The zero-order chi connectivity index (χ0) is 10.7. The number of unbranched alkanes of at least 4 members (excludes halogenated alkanes) is 1. The molecule has 1 aliphatic carbocycles. The minimum Gasteiger partial charge on any atom is -0.312 e. The van der Waals surface area contributed by atoms with Gasteiger partial charge in [0.25, 0.3) is 5.56 Å². The number of hydrogen-bond donors (Lipinski definition) is 0. The zero-order valence-electron chi connectivity index (χ0n) is 9.46. The second-order valence-electron chi connectivity index (χ2n) is 4.36. The molecule has 0 aromatic carbocycles. The highest BCUT2D eigenvalue weighted by atomic mass is 16.1. The van der Waals surface area contributed by atoms with Crippen molar-refractivity contribution >= 4 is 0 Å². The molecule has 2 heteroatoms. The number of aryl methyl sites for hydroxylation is 1. The molecule has 2 rings (SSSR count). The summed E-state index contributed by atoms with van der Waals surface area (Å²) < 4.78 is 2.00. The predicted octanol–water partition coefficient (Wildman–Crippen LogP) is 2.53. The number of fused-ring (bicyclic) bond motifs is 1. The van der Waals surface area contributed by atoms with Crippen molar-refractivity contribution in [1.29, 1.82) is 0 Å². The lowest BCUT2D eigenvalue weighted by molar-refractivity contribution is 0.548. The van der Waals surface area contributed by atoms with Crippen LogP contribution in [0.3, 0.4) is 0 Å². The maximum Gasteiger partial charge on any atom is 0.250 e. The topological polar surface area (TPSA) is 22.0 Å². The van der Waals surface area contributed by atoms with Gasteiger partial charge in [0.2, 0.25) is 0 Å². The lowest BCUT2D eigenvalue weighted by Gasteiger charge is -2.20. The van der Waals surface area contributed by atoms with Crippen molar-refractivity contribution in [3.8, 4) is 0 Å². The molecule has 0 saturated heterocycles. The standard InChI is InChI=1S/C13H19NO/c1-2-3-10-14-12-7-5-4-6-11(12)8-9-13(14)15/h8-9H,2-7,10H2,1H3. The number of nitrogens with zero attached hydrogens (tertiary/aromatic N) is 1. The quantitative estimate of drug-likeness (QED) is 0.743. The van der Waals surface area contributed by atoms with Crippen LogP contribution in [0.4, 0.5) is 0 Å². The third-order valence-electron chi connectivity index (χ3n) is 3.23. The van der Waals surface area contributed by atoms with E-state index < -0.39 is 0 Å². The Kier molecular flexibility index (Phi) is 3.24. The van der Waals surface area contributed by atoms with Crippen LogP contribution in [0.1, 0.15) is 43.9 Å². The van der Waals surface area contributed by atoms with Crippen LogP contribution in [0.15, 0.2) is 16.9 Å². The van der Waals surface area contributed by atoms with Crippen LogP contribution in [-0.4, -0.2) is 4.57 Å². The average Bonchev–Trinajstić information content (AvgIpc) is 2.28. The fourth-order valence-electron chi connectivity index (χ4n) is 2.36. The fraction of sp³-hybridized carbons (Fsp3) is 0.615. The Labute approximate surface area is 90.9 Å². The van der Waals surface area contributed by atoms with Crippen molar-refractivity contribution in [2.24, 2.45) is 0 Å². The van der Waals surface area contributed by atoms with E-state index in [0.29, 0.717) is 0 Å². The van der Waals surface area contributed by atoms with Crippen LogP contribution in [-0.2, 0) is 19.4 Å². The Morgan fingerprint density at radius 2 is 2.07 bits per heavy atom. The van der Waals surface area contributed by atoms with E-state index in [2.05, 4.69) is 6.92 Å². The van der Waals surface area contributed by atoms with Crippen molar-refractivity contribution in [3.05, 3.63) is 33.7 Å². The maximum absolute atomic E-state index is 11.8. The molecule has 0 aliphatic heterocycles. The Balaban J connectivity index is 2.36. The lowest BCUT2D eigenvalue weighted by atomic mass is 9.95. The van der Waals surface area contributed by atoms with Gasteiger partial charge in [-0.2, -0.15) is 0 Å². The monoisotopic (exact) mass is 205 g/mol. The molecule has 1 aliphatic rings. The molecule has 0 unspecified atom stereocenters. The van der Waals surface area contributed by atoms with Crippen molar-refractivity contribution < 1.29 is 0 Å². The van der Waals surface area contributed by atoms with Gasteiger partial charge in [0.05, 0.1) is 0 Å². The zero-order valence-corrected chi connectivity index (χ0v) is 9.46. The van der Waals surface area contributed by atoms with E-state index in [-0.39, 0.29) is 5.56 Å². The molecule has 0 radical (unpaired) electrons. The first-order valence-corrected chi connectivity index (χ1v) is 6.04. The van der Waals surface area contributed by atoms with Crippen LogP contribution in [0.5, 0.6) is 0 Å². The minimum absolute atomic E-state index is 0.184. The van der Waals surface area contributed by atoms with E-state index in [9.17, 15) is 4.79 Å². The largest absolute Gasteiger partial charge is 0.312 e. The molecule has 0 fully saturated rings. The van der Waals surface area contributed by atoms with Crippen LogP contribution >= 0.6 is 0 Å². The maximum atomic E-state index is 11.8. The molecule has 15 heavy (non-hydrogen) atoms. The summed E-state index contributed by atoms with van der Waals surface area (Å²) in [4.78, 5) is 11.8. The minimum atomic E-state index is 0.184. The molecule has 1 aromatic heterocycles. The molecule has 0 amide bonds. The first-order chi connectivity index (χ1) is 7.33. The molecular weight excluding hydrogens is 186 g/mol. The van der Waals surface area contributed by atoms with Gasteiger partial charge in [-0.05, 0) is 37.7 Å². The van der Waals surface area contributed by atoms with Gasteiger partial charge in [0.15, 0.2) is 0 Å². The van der Waals surface area contributed by atoms with Gasteiger partial charge in [0.1, 0.15) is 0 Å². The van der Waals surface area contributed by atoms with Crippen molar-refractivity contribution in [2.45, 2.75) is 52.0 Å². The molecule has 0 bridgehead atoms. The Bertz CT molecular complexity index is 392. The summed E-state index contributed by atoms with van der Waals surface area (Å²) in [7, 11) is 0. The Morgan fingerprint density at radius 1 is 1.27 bits per heavy atom. The molecule has 1 aromatic rings. The summed E-state index contributed by atoms with van der Waals surface area (Å²) in [6, 6.07) is 3.76. The first-order valence-electron chi connectivity index (χ1n) is 6.04. The van der Waals surface area contributed by atoms with Gasteiger partial charge >= 0.3 is 0 Å². The van der Waals surface area contributed by atoms with E-state index in [1.54, 1.807) is 6.07 Å². The highest BCUT2D eigenvalue weighted by molar-refractivity contribution is 5.23. The van der Waals surface area contributed by atoms with Crippen LogP contribution in [0.2, 0.25) is 0 Å². The summed E-state index contributed by atoms with van der Waals surface area (Å²) in [6.45, 7) is 3.07. The summed E-state index contributed by atoms with van der Waals surface area (Å²) in [6.07, 6.45) is 7.02. The normalized spacial score (nSPS) is 15.0. The highest BCUT2D eigenvalue weighted by Crippen LogP contribution is 2.19. The van der Waals surface area contributed by atoms with Crippen LogP contribution in [0, 0.1) is 0 Å². The summed E-state index contributed by atoms with van der Waals surface area (Å²) >= 11 is 0. The van der Waals surface area contributed by atoms with Crippen LogP contribution in [0.25, 0.3) is 0 Å². The van der Waals surface area contributed by atoms with Crippen molar-refractivity contribution in [1.82, 2.24) is 4.57 Å². The summed E-state index contributed by atoms with van der Waals surface area (Å²) in [5, 5.41) is 0. The number of hydrogen-bond acceptors (Lipinski definition) is 1. The molecule has 82 valence electrons. The van der Waals surface area contributed by atoms with E-state index in [0.717, 1.165) is 32.2 Å². The lowest BCUT2D eigenvalue weighted by Crippen LogP contribution is -2.26. The molecule has 0 N–H and O–H groups in total. The van der Waals surface area contributed by atoms with Crippen molar-refractivity contribution in [2.75, 3.05) is 0 Å².